The van der Waals surface area contributed by atoms with Crippen molar-refractivity contribution in [3.05, 3.63) is 107 Å². The van der Waals surface area contributed by atoms with Crippen molar-refractivity contribution >= 4 is 11.8 Å². The van der Waals surface area contributed by atoms with Gasteiger partial charge in [-0.05, 0) is 34.2 Å². The number of carbonyl (C=O) groups is 2. The van der Waals surface area contributed by atoms with E-state index in [1.54, 1.807) is 0 Å². The Balaban J connectivity index is 1.45. The predicted octanol–water partition coefficient (Wildman–Crippen LogP) is 5.10. The van der Waals surface area contributed by atoms with E-state index >= 15 is 0 Å². The van der Waals surface area contributed by atoms with Gasteiger partial charge < -0.3 is 9.80 Å². The van der Waals surface area contributed by atoms with Gasteiger partial charge in [0.15, 0.2) is 0 Å². The van der Waals surface area contributed by atoms with Crippen LogP contribution in [0.2, 0.25) is 0 Å². The van der Waals surface area contributed by atoms with Gasteiger partial charge in [0.1, 0.15) is 0 Å². The van der Waals surface area contributed by atoms with Gasteiger partial charge in [-0.15, -0.1) is 0 Å². The second kappa shape index (κ2) is 9.62. The topological polar surface area (TPSA) is 40.6 Å². The highest BCUT2D eigenvalue weighted by molar-refractivity contribution is 5.94. The largest absolute Gasteiger partial charge is 0.338 e. The van der Waals surface area contributed by atoms with E-state index in [2.05, 4.69) is 20.8 Å². The third-order valence-electron chi connectivity index (χ3n) is 6.39. The Bertz CT molecular complexity index is 1040. The Morgan fingerprint density at radius 1 is 0.667 bits per heavy atom. The Morgan fingerprint density at radius 3 is 1.58 bits per heavy atom. The molecule has 0 bridgehead atoms. The molecule has 4 nitrogen and oxygen atoms in total. The van der Waals surface area contributed by atoms with Gasteiger partial charge in [-0.1, -0.05) is 93.6 Å². The lowest BCUT2D eigenvalue weighted by atomic mass is 9.86. The summed E-state index contributed by atoms with van der Waals surface area (Å²) in [5.41, 5.74) is 3.95. The normalized spacial score (nSPS) is 14.4. The lowest BCUT2D eigenvalue weighted by Gasteiger charge is -2.36. The molecular weight excluding hydrogens is 408 g/mol. The fourth-order valence-corrected chi connectivity index (χ4v) is 4.38. The molecule has 4 heteroatoms. The maximum Gasteiger partial charge on any atom is 0.253 e. The third kappa shape index (κ3) is 5.16. The number of piperazine rings is 1. The van der Waals surface area contributed by atoms with E-state index in [9.17, 15) is 9.59 Å². The van der Waals surface area contributed by atoms with Gasteiger partial charge in [-0.3, -0.25) is 9.59 Å². The van der Waals surface area contributed by atoms with Crippen LogP contribution in [0.5, 0.6) is 0 Å². The van der Waals surface area contributed by atoms with Gasteiger partial charge in [0.2, 0.25) is 5.91 Å². The van der Waals surface area contributed by atoms with Crippen molar-refractivity contribution < 1.29 is 9.59 Å². The number of nitrogens with zero attached hydrogens (tertiary/aromatic N) is 2. The number of hydrogen-bond acceptors (Lipinski definition) is 2. The molecule has 3 aromatic rings. The van der Waals surface area contributed by atoms with E-state index in [-0.39, 0.29) is 23.1 Å². The maximum absolute atomic E-state index is 13.6. The van der Waals surface area contributed by atoms with Crippen molar-refractivity contribution in [2.45, 2.75) is 32.1 Å². The number of carbonyl (C=O) groups excluding carboxylic acids is 2. The van der Waals surface area contributed by atoms with Crippen molar-refractivity contribution in [1.82, 2.24) is 9.80 Å². The highest BCUT2D eigenvalue weighted by atomic mass is 16.2. The molecule has 2 amide bonds. The van der Waals surface area contributed by atoms with Gasteiger partial charge in [0.25, 0.3) is 5.91 Å². The second-order valence-corrected chi connectivity index (χ2v) is 9.70. The Labute approximate surface area is 196 Å². The standard InChI is InChI=1S/C29H32N2O2/c1-29(2,3)25-16-14-24(15-17-25)27(32)30-18-20-31(21-19-30)28(33)26(22-10-6-4-7-11-22)23-12-8-5-9-13-23/h4-17,26H,18-21H2,1-3H3. The number of benzene rings is 3. The highest BCUT2D eigenvalue weighted by Gasteiger charge is 2.31. The summed E-state index contributed by atoms with van der Waals surface area (Å²) in [6.45, 7) is 8.67. The van der Waals surface area contributed by atoms with Gasteiger partial charge in [0.05, 0.1) is 5.92 Å². The summed E-state index contributed by atoms with van der Waals surface area (Å²) in [4.78, 5) is 30.4. The molecule has 33 heavy (non-hydrogen) atoms. The van der Waals surface area contributed by atoms with Gasteiger partial charge in [-0.25, -0.2) is 0 Å². The van der Waals surface area contributed by atoms with Gasteiger partial charge in [0, 0.05) is 31.7 Å². The summed E-state index contributed by atoms with van der Waals surface area (Å²) < 4.78 is 0. The Morgan fingerprint density at radius 2 is 1.12 bits per heavy atom. The van der Waals surface area contributed by atoms with Crippen LogP contribution in [0, 0.1) is 0 Å². The summed E-state index contributed by atoms with van der Waals surface area (Å²) in [7, 11) is 0. The minimum atomic E-state index is -0.334. The van der Waals surface area contributed by atoms with E-state index in [0.717, 1.165) is 11.1 Å². The van der Waals surface area contributed by atoms with E-state index in [1.807, 2.05) is 94.7 Å². The molecule has 170 valence electrons. The second-order valence-electron chi connectivity index (χ2n) is 9.70. The maximum atomic E-state index is 13.6. The summed E-state index contributed by atoms with van der Waals surface area (Å²) in [6, 6.07) is 27.8. The quantitative estimate of drug-likeness (QED) is 0.566. The third-order valence-corrected chi connectivity index (χ3v) is 6.39. The predicted molar refractivity (Wildman–Crippen MR) is 132 cm³/mol. The van der Waals surface area contributed by atoms with Crippen molar-refractivity contribution in [2.75, 3.05) is 26.2 Å². The van der Waals surface area contributed by atoms with Crippen LogP contribution < -0.4 is 0 Å². The molecule has 1 aliphatic rings. The first-order chi connectivity index (χ1) is 15.8. The lowest BCUT2D eigenvalue weighted by molar-refractivity contribution is -0.133. The molecule has 0 spiro atoms. The summed E-state index contributed by atoms with van der Waals surface area (Å²) in [6.07, 6.45) is 0. The van der Waals surface area contributed by atoms with Crippen LogP contribution in [-0.4, -0.2) is 47.8 Å². The number of hydrogen-bond donors (Lipinski definition) is 0. The molecule has 0 radical (unpaired) electrons. The van der Waals surface area contributed by atoms with Crippen molar-refractivity contribution in [2.24, 2.45) is 0 Å². The molecule has 1 fully saturated rings. The van der Waals surface area contributed by atoms with Gasteiger partial charge in [-0.2, -0.15) is 0 Å². The monoisotopic (exact) mass is 440 g/mol. The van der Waals surface area contributed by atoms with Crippen LogP contribution in [0.4, 0.5) is 0 Å². The molecule has 0 atom stereocenters. The average Bonchev–Trinajstić information content (AvgIpc) is 2.85. The molecule has 4 rings (SSSR count). The molecule has 0 saturated carbocycles. The summed E-state index contributed by atoms with van der Waals surface area (Å²) >= 11 is 0. The van der Waals surface area contributed by atoms with Crippen molar-refractivity contribution in [1.29, 1.82) is 0 Å². The molecule has 0 unspecified atom stereocenters. The van der Waals surface area contributed by atoms with Gasteiger partial charge >= 0.3 is 0 Å². The van der Waals surface area contributed by atoms with Crippen LogP contribution >= 0.6 is 0 Å². The molecule has 0 aromatic heterocycles. The zero-order chi connectivity index (χ0) is 23.4. The molecule has 3 aromatic carbocycles. The minimum Gasteiger partial charge on any atom is -0.338 e. The molecular formula is C29H32N2O2. The number of rotatable bonds is 4. The zero-order valence-corrected chi connectivity index (χ0v) is 19.7. The Hall–Kier alpha value is -3.40. The SMILES string of the molecule is CC(C)(C)c1ccc(C(=O)N2CCN(C(=O)C(c3ccccc3)c3ccccc3)CC2)cc1. The van der Waals surface area contributed by atoms with E-state index in [1.165, 1.54) is 5.56 Å². The lowest BCUT2D eigenvalue weighted by Crippen LogP contribution is -2.51. The highest BCUT2D eigenvalue weighted by Crippen LogP contribution is 2.28. The van der Waals surface area contributed by atoms with Crippen LogP contribution in [0.3, 0.4) is 0 Å². The van der Waals surface area contributed by atoms with Crippen LogP contribution in [0.25, 0.3) is 0 Å². The van der Waals surface area contributed by atoms with E-state index in [4.69, 9.17) is 0 Å². The zero-order valence-electron chi connectivity index (χ0n) is 19.7. The molecule has 1 aliphatic heterocycles. The average molecular weight is 441 g/mol. The first-order valence-electron chi connectivity index (χ1n) is 11.6. The first kappa shape index (κ1) is 22.8. The smallest absolute Gasteiger partial charge is 0.253 e. The molecule has 1 heterocycles. The van der Waals surface area contributed by atoms with E-state index in [0.29, 0.717) is 31.7 Å². The van der Waals surface area contributed by atoms with Crippen molar-refractivity contribution in [3.8, 4) is 0 Å². The number of amides is 2. The van der Waals surface area contributed by atoms with Crippen molar-refractivity contribution in [3.63, 3.8) is 0 Å². The first-order valence-corrected chi connectivity index (χ1v) is 11.6. The fraction of sp³-hybridized carbons (Fsp3) is 0.310. The van der Waals surface area contributed by atoms with Crippen LogP contribution in [0.1, 0.15) is 53.7 Å². The summed E-state index contributed by atoms with van der Waals surface area (Å²) in [5, 5.41) is 0. The summed E-state index contributed by atoms with van der Waals surface area (Å²) in [5.74, 6) is -0.209. The van der Waals surface area contributed by atoms with E-state index < -0.39 is 0 Å². The van der Waals surface area contributed by atoms with Crippen LogP contribution in [0.15, 0.2) is 84.9 Å². The molecule has 0 N–H and O–H groups in total. The van der Waals surface area contributed by atoms with Crippen LogP contribution in [-0.2, 0) is 10.2 Å². The molecule has 1 saturated heterocycles. The Kier molecular flexibility index (Phi) is 6.64. The molecule has 0 aliphatic carbocycles. The fourth-order valence-electron chi connectivity index (χ4n) is 4.38. The minimum absolute atomic E-state index is 0.0326.